The molecule has 0 saturated carbocycles. The molecule has 0 amide bonds. The van der Waals surface area contributed by atoms with Crippen molar-refractivity contribution in [3.8, 4) is 0 Å². The Balaban J connectivity index is 2.25. The van der Waals surface area contributed by atoms with Gasteiger partial charge in [-0.05, 0) is 17.7 Å². The van der Waals surface area contributed by atoms with Crippen molar-refractivity contribution in [3.63, 3.8) is 0 Å². The second-order valence-electron chi connectivity index (χ2n) is 3.76. The first kappa shape index (κ1) is 12.7. The monoisotopic (exact) mass is 269 g/mol. The number of anilines is 1. The quantitative estimate of drug-likeness (QED) is 0.802. The zero-order chi connectivity index (χ0) is 13.1. The minimum atomic E-state index is -0.599. The zero-order valence-corrected chi connectivity index (χ0v) is 10.3. The predicted octanol–water partition coefficient (Wildman–Crippen LogP) is 3.04. The lowest BCUT2D eigenvalue weighted by Gasteiger charge is -2.18. The highest BCUT2D eigenvalue weighted by Crippen LogP contribution is 2.19. The maximum Gasteiger partial charge on any atom is 0.224 e. The van der Waals surface area contributed by atoms with E-state index in [0.717, 1.165) is 6.20 Å². The molecule has 0 spiro atoms. The van der Waals surface area contributed by atoms with E-state index >= 15 is 0 Å². The molecule has 1 aromatic heterocycles. The Labute approximate surface area is 108 Å². The third kappa shape index (κ3) is 2.73. The lowest BCUT2D eigenvalue weighted by molar-refractivity contribution is 0.594. The normalized spacial score (nSPS) is 10.4. The molecule has 6 heteroatoms. The van der Waals surface area contributed by atoms with Crippen LogP contribution in [-0.2, 0) is 6.54 Å². The maximum atomic E-state index is 13.5. The van der Waals surface area contributed by atoms with Crippen LogP contribution in [0.4, 0.5) is 14.6 Å². The fourth-order valence-electron chi connectivity index (χ4n) is 1.56. The van der Waals surface area contributed by atoms with Crippen LogP contribution in [0.15, 0.2) is 30.5 Å². The molecule has 0 aliphatic carbocycles. The molecule has 0 aliphatic heterocycles. The molecule has 94 valence electrons. The van der Waals surface area contributed by atoms with E-state index in [9.17, 15) is 8.78 Å². The van der Waals surface area contributed by atoms with E-state index in [1.54, 1.807) is 25.2 Å². The molecule has 3 nitrogen and oxygen atoms in total. The van der Waals surface area contributed by atoms with Crippen molar-refractivity contribution in [1.82, 2.24) is 9.97 Å². The summed E-state index contributed by atoms with van der Waals surface area (Å²) >= 11 is 5.61. The summed E-state index contributed by atoms with van der Waals surface area (Å²) in [5.41, 5.74) is 0.453. The summed E-state index contributed by atoms with van der Waals surface area (Å²) < 4.78 is 27.0. The van der Waals surface area contributed by atoms with Crippen molar-refractivity contribution in [1.29, 1.82) is 0 Å². The molecule has 18 heavy (non-hydrogen) atoms. The van der Waals surface area contributed by atoms with Crippen LogP contribution < -0.4 is 4.90 Å². The van der Waals surface area contributed by atoms with Crippen molar-refractivity contribution in [3.05, 3.63) is 52.9 Å². The van der Waals surface area contributed by atoms with Gasteiger partial charge in [-0.3, -0.25) is 0 Å². The molecule has 0 N–H and O–H groups in total. The van der Waals surface area contributed by atoms with Crippen molar-refractivity contribution in [2.75, 3.05) is 11.9 Å². The van der Waals surface area contributed by atoms with Crippen LogP contribution in [0.1, 0.15) is 5.56 Å². The lowest BCUT2D eigenvalue weighted by Crippen LogP contribution is -2.20. The van der Waals surface area contributed by atoms with Gasteiger partial charge in [0.15, 0.2) is 11.6 Å². The van der Waals surface area contributed by atoms with Crippen molar-refractivity contribution >= 4 is 17.4 Å². The number of hydrogen-bond acceptors (Lipinski definition) is 3. The average Bonchev–Trinajstić information content (AvgIpc) is 2.35. The third-order valence-electron chi connectivity index (χ3n) is 2.42. The van der Waals surface area contributed by atoms with Gasteiger partial charge < -0.3 is 4.90 Å². The minimum absolute atomic E-state index is 0.0400. The molecule has 0 saturated heterocycles. The van der Waals surface area contributed by atoms with E-state index in [0.29, 0.717) is 5.56 Å². The van der Waals surface area contributed by atoms with Gasteiger partial charge in [0, 0.05) is 19.2 Å². The highest BCUT2D eigenvalue weighted by molar-refractivity contribution is 6.28. The smallest absolute Gasteiger partial charge is 0.224 e. The Morgan fingerprint density at radius 3 is 2.67 bits per heavy atom. The first-order valence-corrected chi connectivity index (χ1v) is 5.58. The van der Waals surface area contributed by atoms with Crippen LogP contribution in [-0.4, -0.2) is 17.0 Å². The molecule has 0 radical (unpaired) electrons. The highest BCUT2D eigenvalue weighted by atomic mass is 35.5. The number of halogens is 3. The molecule has 1 aromatic carbocycles. The Hall–Kier alpha value is -1.75. The first-order chi connectivity index (χ1) is 8.58. The molecule has 0 aliphatic rings. The van der Waals surface area contributed by atoms with Crippen LogP contribution >= 0.6 is 11.6 Å². The number of nitrogens with zero attached hydrogens (tertiary/aromatic N) is 3. The number of aromatic nitrogens is 2. The molecular weight excluding hydrogens is 260 g/mol. The Bertz CT molecular complexity index is 563. The molecule has 0 fully saturated rings. The van der Waals surface area contributed by atoms with Gasteiger partial charge in [-0.25, -0.2) is 13.8 Å². The van der Waals surface area contributed by atoms with Gasteiger partial charge in [0.2, 0.25) is 5.28 Å². The Morgan fingerprint density at radius 2 is 1.94 bits per heavy atom. The number of benzene rings is 1. The third-order valence-corrected chi connectivity index (χ3v) is 2.61. The molecule has 0 bridgehead atoms. The highest BCUT2D eigenvalue weighted by Gasteiger charge is 2.12. The summed E-state index contributed by atoms with van der Waals surface area (Å²) in [6.45, 7) is 0.191. The van der Waals surface area contributed by atoms with Crippen LogP contribution in [0.2, 0.25) is 5.28 Å². The second kappa shape index (κ2) is 5.27. The van der Waals surface area contributed by atoms with E-state index in [-0.39, 0.29) is 23.5 Å². The second-order valence-corrected chi connectivity index (χ2v) is 4.10. The average molecular weight is 270 g/mol. The van der Waals surface area contributed by atoms with E-state index in [2.05, 4.69) is 9.97 Å². The van der Waals surface area contributed by atoms with Crippen LogP contribution in [0.25, 0.3) is 0 Å². The summed E-state index contributed by atoms with van der Waals surface area (Å²) in [7, 11) is 1.61. The largest absolute Gasteiger partial charge is 0.353 e. The molecular formula is C12H10ClF2N3. The molecule has 0 unspecified atom stereocenters. The van der Waals surface area contributed by atoms with Gasteiger partial charge in [0.05, 0.1) is 6.20 Å². The van der Waals surface area contributed by atoms with Crippen LogP contribution in [0.5, 0.6) is 0 Å². The van der Waals surface area contributed by atoms with E-state index in [1.165, 1.54) is 11.0 Å². The topological polar surface area (TPSA) is 29.0 Å². The number of rotatable bonds is 3. The standard InChI is InChI=1S/C12H10ClF2N3/c1-18(7-8-4-2-3-5-9(8)14)11-10(15)6-16-12(13)17-11/h2-6H,7H2,1H3. The minimum Gasteiger partial charge on any atom is -0.353 e. The van der Waals surface area contributed by atoms with Crippen molar-refractivity contribution < 1.29 is 8.78 Å². The van der Waals surface area contributed by atoms with Gasteiger partial charge in [0.25, 0.3) is 0 Å². The van der Waals surface area contributed by atoms with E-state index < -0.39 is 5.82 Å². The van der Waals surface area contributed by atoms with Crippen molar-refractivity contribution in [2.45, 2.75) is 6.54 Å². The maximum absolute atomic E-state index is 13.5. The van der Waals surface area contributed by atoms with Crippen LogP contribution in [0.3, 0.4) is 0 Å². The zero-order valence-electron chi connectivity index (χ0n) is 9.57. The fraction of sp³-hybridized carbons (Fsp3) is 0.167. The van der Waals surface area contributed by atoms with Crippen molar-refractivity contribution in [2.24, 2.45) is 0 Å². The molecule has 2 rings (SSSR count). The fourth-order valence-corrected chi connectivity index (χ4v) is 1.69. The summed E-state index contributed by atoms with van der Waals surface area (Å²) in [5.74, 6) is -0.901. The summed E-state index contributed by atoms with van der Waals surface area (Å²) in [4.78, 5) is 8.78. The predicted molar refractivity (Wildman–Crippen MR) is 65.5 cm³/mol. The SMILES string of the molecule is CN(Cc1ccccc1F)c1nc(Cl)ncc1F. The summed E-state index contributed by atoms with van der Waals surface area (Å²) in [6.07, 6.45) is 0.989. The van der Waals surface area contributed by atoms with Gasteiger partial charge in [-0.15, -0.1) is 0 Å². The first-order valence-electron chi connectivity index (χ1n) is 5.20. The van der Waals surface area contributed by atoms with Crippen LogP contribution in [0, 0.1) is 11.6 Å². The Kier molecular flexibility index (Phi) is 3.72. The van der Waals surface area contributed by atoms with Gasteiger partial charge in [-0.2, -0.15) is 4.98 Å². The lowest BCUT2D eigenvalue weighted by atomic mass is 10.2. The number of hydrogen-bond donors (Lipinski definition) is 0. The van der Waals surface area contributed by atoms with Gasteiger partial charge in [-0.1, -0.05) is 18.2 Å². The molecule has 2 aromatic rings. The van der Waals surface area contributed by atoms with Gasteiger partial charge in [0.1, 0.15) is 5.82 Å². The molecule has 1 heterocycles. The summed E-state index contributed by atoms with van der Waals surface area (Å²) in [6, 6.07) is 6.30. The van der Waals surface area contributed by atoms with Gasteiger partial charge >= 0.3 is 0 Å². The van der Waals surface area contributed by atoms with E-state index in [4.69, 9.17) is 11.6 Å². The molecule has 0 atom stereocenters. The van der Waals surface area contributed by atoms with E-state index in [1.807, 2.05) is 0 Å². The Morgan fingerprint density at radius 1 is 1.22 bits per heavy atom. The summed E-state index contributed by atoms with van der Waals surface area (Å²) in [5, 5.41) is -0.0493.